The molecule has 0 atom stereocenters. The van der Waals surface area contributed by atoms with E-state index in [1.165, 1.54) is 38.1 Å². The fourth-order valence-electron chi connectivity index (χ4n) is 8.02. The number of fused-ring (bicyclic) bond motifs is 11. The zero-order chi connectivity index (χ0) is 31.5. The molecule has 9 aromatic rings. The molecule has 0 aliphatic carbocycles. The largest absolute Gasteiger partial charge is 0.454 e. The van der Waals surface area contributed by atoms with Crippen molar-refractivity contribution in [2.45, 2.75) is 0 Å². The lowest BCUT2D eigenvalue weighted by molar-refractivity contribution is 0.669. The van der Waals surface area contributed by atoms with Gasteiger partial charge in [-0.05, 0) is 53.6 Å². The summed E-state index contributed by atoms with van der Waals surface area (Å²) in [5.41, 5.74) is 11.9. The Morgan fingerprint density at radius 2 is 1.25 bits per heavy atom. The second-order valence-corrected chi connectivity index (χ2v) is 13.4. The van der Waals surface area contributed by atoms with Gasteiger partial charge in [0.1, 0.15) is 11.1 Å². The van der Waals surface area contributed by atoms with Gasteiger partial charge in [-0.3, -0.25) is 0 Å². The van der Waals surface area contributed by atoms with Gasteiger partial charge in [0, 0.05) is 43.3 Å². The number of hydrogen-bond donors (Lipinski definition) is 0. The smallest absolute Gasteiger partial charge is 0.161 e. The van der Waals surface area contributed by atoms with Gasteiger partial charge in [0.25, 0.3) is 0 Å². The van der Waals surface area contributed by atoms with Gasteiger partial charge in [-0.25, -0.2) is 9.20 Å². The number of benzene rings is 7. The van der Waals surface area contributed by atoms with Crippen molar-refractivity contribution in [2.75, 3.05) is 0 Å². The number of nitrogens with zero attached hydrogens (tertiary/aromatic N) is 3. The average molecular weight is 632 g/mol. The highest BCUT2D eigenvalue weighted by Gasteiger charge is 2.28. The van der Waals surface area contributed by atoms with E-state index in [0.717, 1.165) is 68.9 Å². The van der Waals surface area contributed by atoms with Crippen molar-refractivity contribution in [1.29, 1.82) is 0 Å². The molecule has 5 heteroatoms. The van der Waals surface area contributed by atoms with Gasteiger partial charge >= 0.3 is 0 Å². The van der Waals surface area contributed by atoms with Crippen LogP contribution in [0.4, 0.5) is 0 Å². The average Bonchev–Trinajstić information content (AvgIpc) is 3.70. The summed E-state index contributed by atoms with van der Waals surface area (Å²) in [6.45, 7) is 0. The molecule has 0 amide bonds. The van der Waals surface area contributed by atoms with E-state index in [1.54, 1.807) is 0 Å². The van der Waals surface area contributed by atoms with Crippen LogP contribution in [-0.2, 0) is 0 Å². The van der Waals surface area contributed by atoms with Crippen LogP contribution in [0, 0.1) is 0 Å². The molecule has 0 bridgehead atoms. The molecule has 0 saturated heterocycles. The molecule has 0 saturated carbocycles. The molecule has 4 nitrogen and oxygen atoms in total. The maximum Gasteiger partial charge on any atom is 0.161 e. The summed E-state index contributed by atoms with van der Waals surface area (Å²) in [6, 6.07) is 52.5. The normalized spacial score (nSPS) is 12.4. The molecule has 2 aliphatic rings. The molecule has 0 radical (unpaired) electrons. The molecule has 224 valence electrons. The molecule has 0 unspecified atom stereocenters. The summed E-state index contributed by atoms with van der Waals surface area (Å²) in [5.74, 6) is 0. The summed E-state index contributed by atoms with van der Waals surface area (Å²) in [7, 11) is 0.975. The summed E-state index contributed by atoms with van der Waals surface area (Å²) >= 11 is 0. The minimum Gasteiger partial charge on any atom is -0.454 e. The van der Waals surface area contributed by atoms with Gasteiger partial charge in [-0.15, -0.1) is 0 Å². The van der Waals surface area contributed by atoms with E-state index in [9.17, 15) is 0 Å². The van der Waals surface area contributed by atoms with Crippen molar-refractivity contribution in [3.05, 3.63) is 146 Å². The first kappa shape index (κ1) is 26.0. The third-order valence-electron chi connectivity index (χ3n) is 10.0. The van der Waals surface area contributed by atoms with Gasteiger partial charge in [0.2, 0.25) is 0 Å². The van der Waals surface area contributed by atoms with Crippen molar-refractivity contribution in [3.63, 3.8) is 0 Å². The topological polar surface area (TPSA) is 27.4 Å². The number of furan rings is 1. The molecule has 0 N–H and O–H groups in total. The monoisotopic (exact) mass is 631 g/mol. The Bertz CT molecular complexity index is 3080. The number of para-hydroxylation sites is 3. The molecule has 2 aromatic heterocycles. The van der Waals surface area contributed by atoms with Gasteiger partial charge < -0.3 is 8.98 Å². The van der Waals surface area contributed by atoms with E-state index in [-0.39, 0.29) is 0 Å². The highest BCUT2D eigenvalue weighted by Crippen LogP contribution is 2.46. The van der Waals surface area contributed by atoms with Crippen LogP contribution in [0.2, 0.25) is 0 Å². The quantitative estimate of drug-likeness (QED) is 0.108. The van der Waals surface area contributed by atoms with E-state index < -0.39 is 0 Å². The van der Waals surface area contributed by atoms with Gasteiger partial charge in [0.05, 0.1) is 27.8 Å². The third-order valence-corrected chi connectivity index (χ3v) is 10.7. The minimum atomic E-state index is 0.875. The second kappa shape index (κ2) is 9.48. The van der Waals surface area contributed by atoms with Crippen LogP contribution in [0.5, 0.6) is 0 Å². The highest BCUT2D eigenvalue weighted by atomic mass is 31.1. The Balaban J connectivity index is 1.50. The number of aromatic nitrogens is 3. The van der Waals surface area contributed by atoms with Crippen molar-refractivity contribution in [3.8, 4) is 22.5 Å². The van der Waals surface area contributed by atoms with Crippen LogP contribution in [0.3, 0.4) is 0 Å². The maximum absolute atomic E-state index is 6.90. The summed E-state index contributed by atoms with van der Waals surface area (Å²) in [6.07, 6.45) is 4.21. The third kappa shape index (κ3) is 3.32. The Morgan fingerprint density at radius 3 is 2.12 bits per heavy atom. The Labute approximate surface area is 276 Å². The number of rotatable bonds is 3. The molecule has 2 aliphatic heterocycles. The van der Waals surface area contributed by atoms with E-state index >= 15 is 0 Å². The lowest BCUT2D eigenvalue weighted by Gasteiger charge is -2.27. The second-order valence-electron chi connectivity index (χ2n) is 12.5. The van der Waals surface area contributed by atoms with E-state index in [2.05, 4.69) is 166 Å². The molecule has 11 rings (SSSR count). The first-order valence-electron chi connectivity index (χ1n) is 16.2. The zero-order valence-electron chi connectivity index (χ0n) is 25.8. The van der Waals surface area contributed by atoms with Crippen molar-refractivity contribution in [2.24, 2.45) is 0 Å². The highest BCUT2D eigenvalue weighted by molar-refractivity contribution is 7.45. The van der Waals surface area contributed by atoms with Gasteiger partial charge in [-0.1, -0.05) is 118 Å². The Morgan fingerprint density at radius 1 is 0.500 bits per heavy atom. The fraction of sp³-hybridized carbons (Fsp3) is 0. The van der Waals surface area contributed by atoms with Gasteiger partial charge in [0.15, 0.2) is 5.58 Å². The molecule has 0 spiro atoms. The van der Waals surface area contributed by atoms with Crippen LogP contribution < -0.4 is 5.30 Å². The van der Waals surface area contributed by atoms with Crippen LogP contribution >= 0.6 is 8.20 Å². The van der Waals surface area contributed by atoms with Gasteiger partial charge in [-0.2, -0.15) is 0 Å². The van der Waals surface area contributed by atoms with Crippen LogP contribution in [0.25, 0.3) is 93.6 Å². The van der Waals surface area contributed by atoms with Crippen molar-refractivity contribution >= 4 is 90.9 Å². The molecular formula is C43H26N3OP. The van der Waals surface area contributed by atoms with Crippen LogP contribution in [0.15, 0.2) is 150 Å². The predicted molar refractivity (Wildman–Crippen MR) is 204 cm³/mol. The first-order valence-corrected chi connectivity index (χ1v) is 17.2. The summed E-state index contributed by atoms with van der Waals surface area (Å²) in [4.78, 5) is 0. The van der Waals surface area contributed by atoms with E-state index in [1.807, 2.05) is 0 Å². The maximum atomic E-state index is 6.90. The summed E-state index contributed by atoms with van der Waals surface area (Å²) < 4.78 is 14.2. The van der Waals surface area contributed by atoms with Crippen LogP contribution in [-0.4, -0.2) is 20.1 Å². The van der Waals surface area contributed by atoms with Crippen LogP contribution in [0.1, 0.15) is 0 Å². The van der Waals surface area contributed by atoms with Crippen molar-refractivity contribution in [1.82, 2.24) is 13.8 Å². The molecule has 48 heavy (non-hydrogen) atoms. The Hall–Kier alpha value is -6.09. The first-order chi connectivity index (χ1) is 23.8. The van der Waals surface area contributed by atoms with E-state index in [4.69, 9.17) is 4.42 Å². The Kier molecular flexibility index (Phi) is 5.14. The fourth-order valence-corrected chi connectivity index (χ4v) is 8.43. The SMILES string of the molecule is C=Pc1cccc(-n2c3cc(-c4ccccc4)ccc3n3n4c5ccccc5c5cccc(c6cc7c8ccccc8oc7c2c6-3)c54)c1. The number of hydrogen-bond acceptors (Lipinski definition) is 1. The lowest BCUT2D eigenvalue weighted by Crippen LogP contribution is -2.17. The van der Waals surface area contributed by atoms with Crippen molar-refractivity contribution < 1.29 is 4.42 Å². The predicted octanol–water partition coefficient (Wildman–Crippen LogP) is 11.1. The molecule has 7 aromatic carbocycles. The summed E-state index contributed by atoms with van der Waals surface area (Å²) in [5, 5.41) is 8.29. The zero-order valence-corrected chi connectivity index (χ0v) is 26.7. The lowest BCUT2D eigenvalue weighted by atomic mass is 10.00. The molecule has 0 fully saturated rings. The van der Waals surface area contributed by atoms with E-state index in [0.29, 0.717) is 0 Å². The minimum absolute atomic E-state index is 0.875. The molecular weight excluding hydrogens is 605 g/mol. The molecule has 4 heterocycles. The standard InChI is InChI=1S/C43H26N3OP/c1-48-29-14-9-13-28(24-29)44-38-23-27(26-11-3-2-4-12-26)21-22-37(38)46-41-34(25-35-31-16-6-8-20-39(31)47-43(35)42(41)44)33-18-10-17-32-30-15-5-7-19-36(30)45(46)40(32)33/h2-25H,1H2.